The Balaban J connectivity index is 1.75. The summed E-state index contributed by atoms with van der Waals surface area (Å²) < 4.78 is 0. The van der Waals surface area contributed by atoms with Crippen LogP contribution in [0.3, 0.4) is 0 Å². The summed E-state index contributed by atoms with van der Waals surface area (Å²) >= 11 is 3.50. The van der Waals surface area contributed by atoms with Crippen molar-refractivity contribution in [3.05, 3.63) is 53.6 Å². The van der Waals surface area contributed by atoms with Crippen molar-refractivity contribution in [3.63, 3.8) is 0 Å². The van der Waals surface area contributed by atoms with Gasteiger partial charge in [-0.05, 0) is 48.1 Å². The average molecular weight is 376 g/mol. The smallest absolute Gasteiger partial charge is 0.224 e. The van der Waals surface area contributed by atoms with Crippen LogP contribution in [0.5, 0.6) is 11.5 Å². The molecule has 0 saturated carbocycles. The minimum atomic E-state index is -0.125. The van der Waals surface area contributed by atoms with E-state index in [-0.39, 0.29) is 22.8 Å². The molecular formula is C19H21NO3S2. The van der Waals surface area contributed by atoms with Gasteiger partial charge in [0.05, 0.1) is 0 Å². The number of phenolic OH excluding ortho intramolecular Hbond substituents is 2. The first kappa shape index (κ1) is 18.0. The zero-order chi connectivity index (χ0) is 17.8. The van der Waals surface area contributed by atoms with Crippen molar-refractivity contribution in [3.8, 4) is 11.5 Å². The normalized spacial score (nSPS) is 17.7. The average Bonchev–Trinajstić information content (AvgIpc) is 2.63. The summed E-state index contributed by atoms with van der Waals surface area (Å²) in [5, 5.41) is 19.1. The van der Waals surface area contributed by atoms with Gasteiger partial charge in [0.25, 0.3) is 0 Å². The zero-order valence-electron chi connectivity index (χ0n) is 14.0. The van der Waals surface area contributed by atoms with Crippen LogP contribution in [0.2, 0.25) is 0 Å². The molecule has 1 aliphatic heterocycles. The Morgan fingerprint density at radius 2 is 1.92 bits per heavy atom. The van der Waals surface area contributed by atoms with Gasteiger partial charge in [0.2, 0.25) is 5.91 Å². The monoisotopic (exact) mass is 375 g/mol. The SMILES string of the molecule is CSc1ccc(C2SCCC(=O)N2CCc2ccc(O)c(O)c2)cc1. The number of hydrogen-bond donors (Lipinski definition) is 2. The van der Waals surface area contributed by atoms with E-state index >= 15 is 0 Å². The van der Waals surface area contributed by atoms with Gasteiger partial charge in [-0.25, -0.2) is 0 Å². The van der Waals surface area contributed by atoms with E-state index in [1.807, 2.05) is 11.2 Å². The second-order valence-corrected chi connectivity index (χ2v) is 7.97. The predicted octanol–water partition coefficient (Wildman–Crippen LogP) is 4.03. The first-order valence-corrected chi connectivity index (χ1v) is 10.4. The summed E-state index contributed by atoms with van der Waals surface area (Å²) in [6.07, 6.45) is 3.25. The van der Waals surface area contributed by atoms with E-state index in [4.69, 9.17) is 0 Å². The number of amides is 1. The van der Waals surface area contributed by atoms with E-state index in [0.29, 0.717) is 19.4 Å². The van der Waals surface area contributed by atoms with Gasteiger partial charge in [0, 0.05) is 23.6 Å². The van der Waals surface area contributed by atoms with Crippen LogP contribution in [-0.2, 0) is 11.2 Å². The number of carbonyl (C=O) groups is 1. The molecule has 3 rings (SSSR count). The number of phenols is 2. The molecule has 132 valence electrons. The molecule has 25 heavy (non-hydrogen) atoms. The van der Waals surface area contributed by atoms with Crippen molar-refractivity contribution >= 4 is 29.4 Å². The molecule has 1 unspecified atom stereocenters. The standard InChI is InChI=1S/C19H21NO3S2/c1-24-15-5-3-14(4-6-15)19-20(18(23)9-11-25-19)10-8-13-2-7-16(21)17(22)12-13/h2-7,12,19,21-22H,8-11H2,1H3. The molecule has 2 N–H and O–H groups in total. The van der Waals surface area contributed by atoms with E-state index in [1.165, 1.54) is 11.0 Å². The van der Waals surface area contributed by atoms with Crippen LogP contribution in [-0.4, -0.2) is 39.6 Å². The summed E-state index contributed by atoms with van der Waals surface area (Å²) in [4.78, 5) is 15.6. The number of hydrogen-bond acceptors (Lipinski definition) is 5. The fourth-order valence-electron chi connectivity index (χ4n) is 2.88. The third-order valence-electron chi connectivity index (χ3n) is 4.28. The van der Waals surface area contributed by atoms with Crippen molar-refractivity contribution in [2.45, 2.75) is 23.1 Å². The maximum atomic E-state index is 12.5. The van der Waals surface area contributed by atoms with Gasteiger partial charge in [-0.15, -0.1) is 23.5 Å². The minimum Gasteiger partial charge on any atom is -0.504 e. The number of benzene rings is 2. The molecule has 1 heterocycles. The van der Waals surface area contributed by atoms with Crippen molar-refractivity contribution in [1.82, 2.24) is 4.90 Å². The number of thioether (sulfide) groups is 2. The Hall–Kier alpha value is -1.79. The van der Waals surface area contributed by atoms with Gasteiger partial charge in [0.15, 0.2) is 11.5 Å². The van der Waals surface area contributed by atoms with Gasteiger partial charge in [-0.2, -0.15) is 0 Å². The molecule has 2 aromatic rings. The quantitative estimate of drug-likeness (QED) is 0.610. The highest BCUT2D eigenvalue weighted by molar-refractivity contribution is 7.99. The van der Waals surface area contributed by atoms with Crippen LogP contribution >= 0.6 is 23.5 Å². The highest BCUT2D eigenvalue weighted by atomic mass is 32.2. The summed E-state index contributed by atoms with van der Waals surface area (Å²) in [7, 11) is 0. The molecule has 1 fully saturated rings. The summed E-state index contributed by atoms with van der Waals surface area (Å²) in [5.41, 5.74) is 2.04. The predicted molar refractivity (Wildman–Crippen MR) is 103 cm³/mol. The zero-order valence-corrected chi connectivity index (χ0v) is 15.6. The van der Waals surface area contributed by atoms with Gasteiger partial charge >= 0.3 is 0 Å². The van der Waals surface area contributed by atoms with Crippen molar-refractivity contribution < 1.29 is 15.0 Å². The maximum absolute atomic E-state index is 12.5. The first-order valence-electron chi connectivity index (χ1n) is 8.14. The lowest BCUT2D eigenvalue weighted by atomic mass is 10.1. The molecule has 0 radical (unpaired) electrons. The number of nitrogens with zero attached hydrogens (tertiary/aromatic N) is 1. The molecule has 6 heteroatoms. The Kier molecular flexibility index (Phi) is 5.81. The van der Waals surface area contributed by atoms with E-state index in [9.17, 15) is 15.0 Å². The highest BCUT2D eigenvalue weighted by Crippen LogP contribution is 2.38. The van der Waals surface area contributed by atoms with Crippen LogP contribution in [0.15, 0.2) is 47.4 Å². The maximum Gasteiger partial charge on any atom is 0.224 e. The number of carbonyl (C=O) groups excluding carboxylic acids is 1. The van der Waals surface area contributed by atoms with Crippen LogP contribution in [0.4, 0.5) is 0 Å². The van der Waals surface area contributed by atoms with Crippen molar-refractivity contribution in [2.75, 3.05) is 18.6 Å². The lowest BCUT2D eigenvalue weighted by molar-refractivity contribution is -0.132. The fraction of sp³-hybridized carbons (Fsp3) is 0.316. The lowest BCUT2D eigenvalue weighted by Crippen LogP contribution is -2.38. The third-order valence-corrected chi connectivity index (χ3v) is 6.30. The molecule has 1 aliphatic rings. The molecule has 0 spiro atoms. The Bertz CT molecular complexity index is 749. The summed E-state index contributed by atoms with van der Waals surface area (Å²) in [6.45, 7) is 0.588. The highest BCUT2D eigenvalue weighted by Gasteiger charge is 2.29. The van der Waals surface area contributed by atoms with Gasteiger partial charge in [-0.3, -0.25) is 4.79 Å². The van der Waals surface area contributed by atoms with E-state index in [2.05, 4.69) is 24.3 Å². The molecule has 0 aliphatic carbocycles. The molecule has 1 saturated heterocycles. The first-order chi connectivity index (χ1) is 12.1. The minimum absolute atomic E-state index is 0.0304. The third kappa shape index (κ3) is 4.25. The Morgan fingerprint density at radius 3 is 2.60 bits per heavy atom. The molecule has 2 aromatic carbocycles. The van der Waals surface area contributed by atoms with Crippen molar-refractivity contribution in [1.29, 1.82) is 0 Å². The van der Waals surface area contributed by atoms with E-state index in [0.717, 1.165) is 16.9 Å². The Morgan fingerprint density at radius 1 is 1.16 bits per heavy atom. The Labute approximate surface area is 156 Å². The van der Waals surface area contributed by atoms with Crippen LogP contribution < -0.4 is 0 Å². The molecule has 1 amide bonds. The molecule has 0 aromatic heterocycles. The summed E-state index contributed by atoms with van der Waals surface area (Å²) in [6, 6.07) is 13.2. The topological polar surface area (TPSA) is 60.8 Å². The molecule has 0 bridgehead atoms. The molecule has 1 atom stereocenters. The lowest BCUT2D eigenvalue weighted by Gasteiger charge is -2.35. The summed E-state index contributed by atoms with van der Waals surface area (Å²) in [5.74, 6) is 0.756. The van der Waals surface area contributed by atoms with E-state index in [1.54, 1.807) is 35.7 Å². The molecule has 4 nitrogen and oxygen atoms in total. The van der Waals surface area contributed by atoms with Gasteiger partial charge in [-0.1, -0.05) is 18.2 Å². The van der Waals surface area contributed by atoms with Gasteiger partial charge in [0.1, 0.15) is 5.37 Å². The number of rotatable bonds is 5. The number of aromatic hydroxyl groups is 2. The largest absolute Gasteiger partial charge is 0.504 e. The second kappa shape index (κ2) is 8.06. The second-order valence-electron chi connectivity index (χ2n) is 5.91. The van der Waals surface area contributed by atoms with Gasteiger partial charge < -0.3 is 15.1 Å². The van der Waals surface area contributed by atoms with Crippen LogP contribution in [0.25, 0.3) is 0 Å². The fourth-order valence-corrected chi connectivity index (χ4v) is 4.56. The molecular weight excluding hydrogens is 354 g/mol. The van der Waals surface area contributed by atoms with E-state index < -0.39 is 0 Å². The van der Waals surface area contributed by atoms with Crippen molar-refractivity contribution in [2.24, 2.45) is 0 Å². The van der Waals surface area contributed by atoms with Crippen LogP contribution in [0.1, 0.15) is 22.9 Å². The van der Waals surface area contributed by atoms with Crippen LogP contribution in [0, 0.1) is 0 Å².